The molecule has 10 nitrogen and oxygen atoms in total. The molecule has 4 N–H and O–H groups in total. The Bertz CT molecular complexity index is 1620. The maximum atomic E-state index is 13.7. The normalized spacial score (nSPS) is 21.4. The van der Waals surface area contributed by atoms with Gasteiger partial charge in [-0.15, -0.1) is 11.3 Å². The Balaban J connectivity index is 1.37. The molecule has 2 aromatic carbocycles. The lowest BCUT2D eigenvalue weighted by Crippen LogP contribution is -2.58. The maximum Gasteiger partial charge on any atom is 0.407 e. The number of carbonyl (C=O) groups is 2. The molecule has 0 spiro atoms. The molecule has 3 aliphatic rings. The molecular formula is C33H43N5O5S2. The van der Waals surface area contributed by atoms with E-state index in [1.165, 1.54) is 17.4 Å². The predicted octanol–water partition coefficient (Wildman–Crippen LogP) is 6.69. The minimum atomic E-state index is -3.96. The summed E-state index contributed by atoms with van der Waals surface area (Å²) >= 11 is 1.52. The number of nitrogens with zero attached hydrogens (tertiary/aromatic N) is 1. The van der Waals surface area contributed by atoms with Gasteiger partial charge < -0.3 is 20.7 Å². The molecule has 0 aliphatic heterocycles. The number of amides is 3. The van der Waals surface area contributed by atoms with Gasteiger partial charge in [0.2, 0.25) is 10.0 Å². The van der Waals surface area contributed by atoms with Crippen molar-refractivity contribution in [3.8, 4) is 10.4 Å². The largest absolute Gasteiger partial charge is 0.447 e. The van der Waals surface area contributed by atoms with Gasteiger partial charge in [0.05, 0.1) is 20.9 Å². The van der Waals surface area contributed by atoms with Crippen LogP contribution in [0.1, 0.15) is 83.7 Å². The third-order valence-electron chi connectivity index (χ3n) is 8.45. The number of rotatable bonds is 9. The van der Waals surface area contributed by atoms with E-state index in [9.17, 15) is 18.0 Å². The Morgan fingerprint density at radius 1 is 1.00 bits per heavy atom. The summed E-state index contributed by atoms with van der Waals surface area (Å²) in [5.74, 6) is 0. The van der Waals surface area contributed by atoms with E-state index in [0.29, 0.717) is 17.8 Å². The molecule has 12 heteroatoms. The van der Waals surface area contributed by atoms with Crippen LogP contribution in [0.3, 0.4) is 0 Å². The van der Waals surface area contributed by atoms with Crippen molar-refractivity contribution >= 4 is 39.2 Å². The van der Waals surface area contributed by atoms with Crippen molar-refractivity contribution < 1.29 is 22.7 Å². The van der Waals surface area contributed by atoms with E-state index in [1.54, 1.807) is 39.1 Å². The molecule has 3 aliphatic carbocycles. The molecule has 3 fully saturated rings. The lowest BCUT2D eigenvalue weighted by molar-refractivity contribution is 0.0560. The van der Waals surface area contributed by atoms with Crippen LogP contribution in [0.2, 0.25) is 0 Å². The molecule has 0 radical (unpaired) electrons. The fourth-order valence-corrected chi connectivity index (χ4v) is 9.20. The van der Waals surface area contributed by atoms with Crippen LogP contribution in [0.15, 0.2) is 59.6 Å². The van der Waals surface area contributed by atoms with Crippen molar-refractivity contribution in [2.24, 2.45) is 0 Å². The van der Waals surface area contributed by atoms with Gasteiger partial charge in [-0.1, -0.05) is 36.4 Å². The molecule has 45 heavy (non-hydrogen) atoms. The van der Waals surface area contributed by atoms with Gasteiger partial charge in [-0.2, -0.15) is 0 Å². The van der Waals surface area contributed by atoms with Crippen LogP contribution in [0.5, 0.6) is 0 Å². The van der Waals surface area contributed by atoms with E-state index in [4.69, 9.17) is 9.72 Å². The van der Waals surface area contributed by atoms with Crippen molar-refractivity contribution in [1.29, 1.82) is 0 Å². The van der Waals surface area contributed by atoms with Crippen LogP contribution in [0, 0.1) is 0 Å². The van der Waals surface area contributed by atoms with Gasteiger partial charge in [-0.25, -0.2) is 27.7 Å². The highest BCUT2D eigenvalue weighted by atomic mass is 32.2. The third kappa shape index (κ3) is 7.85. The minimum absolute atomic E-state index is 0.0742. The molecule has 242 valence electrons. The van der Waals surface area contributed by atoms with E-state index >= 15 is 0 Å². The third-order valence-corrected chi connectivity index (χ3v) is 11.5. The molecule has 1 heterocycles. The first-order chi connectivity index (χ1) is 21.2. The Labute approximate surface area is 269 Å². The summed E-state index contributed by atoms with van der Waals surface area (Å²) < 4.78 is 35.5. The second-order valence-corrected chi connectivity index (χ2v) is 16.2. The summed E-state index contributed by atoms with van der Waals surface area (Å²) in [4.78, 5) is 30.7. The van der Waals surface area contributed by atoms with Crippen LogP contribution < -0.4 is 20.7 Å². The van der Waals surface area contributed by atoms with E-state index in [-0.39, 0.29) is 28.0 Å². The number of sulfonamides is 1. The van der Waals surface area contributed by atoms with E-state index in [1.807, 2.05) is 44.2 Å². The van der Waals surface area contributed by atoms with Crippen molar-refractivity contribution in [1.82, 2.24) is 20.3 Å². The second-order valence-electron chi connectivity index (χ2n) is 13.5. The molecule has 0 atom stereocenters. The number of fused-ring (bicyclic) bond motifs is 3. The zero-order valence-electron chi connectivity index (χ0n) is 26.5. The number of aromatic nitrogens is 1. The number of nitrogens with one attached hydrogen (secondary N) is 4. The van der Waals surface area contributed by atoms with Crippen molar-refractivity contribution in [3.05, 3.63) is 65.3 Å². The number of anilines is 1. The standard InChI is InChI=1S/C33H43N5O5S2/c1-22(2)43-30(40)37-33-16-13-32(14-17-33,15-18-33)28-34-21-26(44-28)25-12-11-24(19-27(25)45(41,42)38-31(3,4)5)36-29(39)35-20-23-9-7-6-8-10-23/h6-12,19,21-22,38H,13-18,20H2,1-5H3,(H,37,40)(H2,35,36,39). The zero-order chi connectivity index (χ0) is 32.5. The smallest absolute Gasteiger partial charge is 0.407 e. The first kappa shape index (κ1) is 32.9. The Kier molecular flexibility index (Phi) is 9.30. The summed E-state index contributed by atoms with van der Waals surface area (Å²) in [5.41, 5.74) is 0.783. The number of thiazole rings is 1. The first-order valence-electron chi connectivity index (χ1n) is 15.4. The molecule has 6 rings (SSSR count). The van der Waals surface area contributed by atoms with E-state index < -0.39 is 21.6 Å². The number of urea groups is 1. The predicted molar refractivity (Wildman–Crippen MR) is 177 cm³/mol. The number of carbonyl (C=O) groups excluding carboxylic acids is 2. The van der Waals surface area contributed by atoms with E-state index in [0.717, 1.165) is 54.0 Å². The second kappa shape index (κ2) is 12.7. The summed E-state index contributed by atoms with van der Waals surface area (Å²) in [5, 5.41) is 9.72. The van der Waals surface area contributed by atoms with Crippen LogP contribution in [0.4, 0.5) is 15.3 Å². The number of ether oxygens (including phenoxy) is 1. The molecule has 1 aromatic heterocycles. The highest BCUT2D eigenvalue weighted by Crippen LogP contribution is 2.55. The van der Waals surface area contributed by atoms with Crippen molar-refractivity contribution in [2.45, 2.75) is 107 Å². The average Bonchev–Trinajstić information content (AvgIpc) is 3.47. The summed E-state index contributed by atoms with van der Waals surface area (Å²) in [6.45, 7) is 9.39. The molecule has 0 unspecified atom stereocenters. The Morgan fingerprint density at radius 2 is 1.67 bits per heavy atom. The number of benzene rings is 2. The van der Waals surface area contributed by atoms with E-state index in [2.05, 4.69) is 20.7 Å². The van der Waals surface area contributed by atoms with Gasteiger partial charge in [-0.05, 0) is 90.8 Å². The Morgan fingerprint density at radius 3 is 2.29 bits per heavy atom. The molecular weight excluding hydrogens is 611 g/mol. The highest BCUT2D eigenvalue weighted by molar-refractivity contribution is 7.89. The molecule has 0 saturated heterocycles. The lowest BCUT2D eigenvalue weighted by atomic mass is 9.57. The van der Waals surface area contributed by atoms with Gasteiger partial charge in [0, 0.05) is 40.5 Å². The molecule has 3 amide bonds. The number of hydrogen-bond donors (Lipinski definition) is 4. The van der Waals surface area contributed by atoms with Gasteiger partial charge in [0.25, 0.3) is 0 Å². The number of hydrogen-bond acceptors (Lipinski definition) is 7. The van der Waals surface area contributed by atoms with Gasteiger partial charge in [-0.3, -0.25) is 0 Å². The van der Waals surface area contributed by atoms with Gasteiger partial charge >= 0.3 is 12.1 Å². The zero-order valence-corrected chi connectivity index (χ0v) is 28.2. The highest BCUT2D eigenvalue weighted by Gasteiger charge is 2.51. The van der Waals surface area contributed by atoms with Crippen molar-refractivity contribution in [3.63, 3.8) is 0 Å². The molecule has 3 aromatic rings. The van der Waals surface area contributed by atoms with Crippen LogP contribution in [0.25, 0.3) is 10.4 Å². The SMILES string of the molecule is CC(C)OC(=O)NC12CCC(c3ncc(-c4ccc(NC(=O)NCc5ccccc5)cc4S(=O)(=O)NC(C)(C)C)s3)(CC1)CC2. The fourth-order valence-electron chi connectivity index (χ4n) is 6.24. The van der Waals surface area contributed by atoms with Crippen LogP contribution in [-0.4, -0.2) is 42.7 Å². The lowest BCUT2D eigenvalue weighted by Gasteiger charge is -2.52. The molecule has 2 bridgehead atoms. The first-order valence-corrected chi connectivity index (χ1v) is 17.7. The summed E-state index contributed by atoms with van der Waals surface area (Å²) in [7, 11) is -3.96. The van der Waals surface area contributed by atoms with Gasteiger partial charge in [0.15, 0.2) is 0 Å². The average molecular weight is 654 g/mol. The monoisotopic (exact) mass is 653 g/mol. The molecule has 3 saturated carbocycles. The minimum Gasteiger partial charge on any atom is -0.447 e. The number of alkyl carbamates (subject to hydrolysis) is 1. The van der Waals surface area contributed by atoms with Crippen molar-refractivity contribution in [2.75, 3.05) is 5.32 Å². The maximum absolute atomic E-state index is 13.7. The van der Waals surface area contributed by atoms with Crippen LogP contribution in [-0.2, 0) is 26.7 Å². The summed E-state index contributed by atoms with van der Waals surface area (Å²) in [6, 6.07) is 14.0. The Hall–Kier alpha value is -3.48. The topological polar surface area (TPSA) is 139 Å². The van der Waals surface area contributed by atoms with Gasteiger partial charge in [0.1, 0.15) is 0 Å². The quantitative estimate of drug-likeness (QED) is 0.203. The summed E-state index contributed by atoms with van der Waals surface area (Å²) in [6.07, 6.45) is 6.42. The van der Waals surface area contributed by atoms with Crippen LogP contribution >= 0.6 is 11.3 Å². The fraction of sp³-hybridized carbons (Fsp3) is 0.485.